The van der Waals surface area contributed by atoms with Gasteiger partial charge in [-0.05, 0) is 19.4 Å². The maximum absolute atomic E-state index is 11.4. The quantitative estimate of drug-likeness (QED) is 0.537. The Morgan fingerprint density at radius 2 is 1.94 bits per heavy atom. The van der Waals surface area contributed by atoms with Crippen molar-refractivity contribution in [2.45, 2.75) is 52.1 Å². The fourth-order valence-corrected chi connectivity index (χ4v) is 1.24. The summed E-state index contributed by atoms with van der Waals surface area (Å²) in [5.41, 5.74) is 0. The molecule has 1 amide bonds. The van der Waals surface area contributed by atoms with E-state index in [9.17, 15) is 9.59 Å². The summed E-state index contributed by atoms with van der Waals surface area (Å²) < 4.78 is 0. The summed E-state index contributed by atoms with van der Waals surface area (Å²) in [6.45, 7) is 6.59. The van der Waals surface area contributed by atoms with Crippen LogP contribution in [0, 0.1) is 0 Å². The molecule has 0 unspecified atom stereocenters. The van der Waals surface area contributed by atoms with Crippen LogP contribution in [0.5, 0.6) is 0 Å². The smallest absolute Gasteiger partial charge is 0.326 e. The molecule has 0 bridgehead atoms. The lowest BCUT2D eigenvalue weighted by Crippen LogP contribution is -2.40. The molecule has 0 saturated carbocycles. The maximum atomic E-state index is 11.4. The van der Waals surface area contributed by atoms with Crippen molar-refractivity contribution >= 4 is 11.9 Å². The van der Waals surface area contributed by atoms with Crippen LogP contribution < -0.4 is 10.6 Å². The van der Waals surface area contributed by atoms with Crippen LogP contribution in [0.4, 0.5) is 0 Å². The highest BCUT2D eigenvalue weighted by Gasteiger charge is 2.16. The van der Waals surface area contributed by atoms with Crippen molar-refractivity contribution in [2.75, 3.05) is 6.54 Å². The zero-order chi connectivity index (χ0) is 12.6. The van der Waals surface area contributed by atoms with Gasteiger partial charge < -0.3 is 15.7 Å². The number of carboxylic acids is 1. The van der Waals surface area contributed by atoms with Gasteiger partial charge in [0.2, 0.25) is 5.91 Å². The lowest BCUT2D eigenvalue weighted by atomic mass is 10.2. The molecule has 0 heterocycles. The molecule has 0 saturated heterocycles. The summed E-state index contributed by atoms with van der Waals surface area (Å²) in [6, 6.07) is -0.351. The van der Waals surface area contributed by atoms with E-state index in [0.29, 0.717) is 18.9 Å². The van der Waals surface area contributed by atoms with Gasteiger partial charge >= 0.3 is 5.97 Å². The number of nitrogens with one attached hydrogen (secondary N) is 2. The number of hydrogen-bond donors (Lipinski definition) is 3. The number of carbonyl (C=O) groups excluding carboxylic acids is 1. The molecule has 0 radical (unpaired) electrons. The second-order valence-electron chi connectivity index (χ2n) is 4.08. The first-order valence-corrected chi connectivity index (χ1v) is 5.73. The Bertz CT molecular complexity index is 229. The number of hydrogen-bond acceptors (Lipinski definition) is 3. The number of carboxylic acid groups (broad SMARTS) is 1. The zero-order valence-corrected chi connectivity index (χ0v) is 10.2. The highest BCUT2D eigenvalue weighted by atomic mass is 16.4. The number of amides is 1. The minimum Gasteiger partial charge on any atom is -0.480 e. The van der Waals surface area contributed by atoms with E-state index in [4.69, 9.17) is 5.11 Å². The Labute approximate surface area is 96.6 Å². The maximum Gasteiger partial charge on any atom is 0.326 e. The summed E-state index contributed by atoms with van der Waals surface area (Å²) in [5.74, 6) is -1.17. The minimum absolute atomic E-state index is 0.195. The van der Waals surface area contributed by atoms with Gasteiger partial charge in [0.25, 0.3) is 0 Å². The summed E-state index contributed by atoms with van der Waals surface area (Å²) in [4.78, 5) is 22.0. The Morgan fingerprint density at radius 1 is 1.31 bits per heavy atom. The van der Waals surface area contributed by atoms with Crippen LogP contribution in [-0.4, -0.2) is 35.6 Å². The molecular formula is C11H22N2O3. The van der Waals surface area contributed by atoms with Crippen molar-refractivity contribution in [3.8, 4) is 0 Å². The van der Waals surface area contributed by atoms with Crippen LogP contribution >= 0.6 is 0 Å². The molecule has 5 nitrogen and oxygen atoms in total. The van der Waals surface area contributed by atoms with Crippen molar-refractivity contribution in [1.82, 2.24) is 10.6 Å². The van der Waals surface area contributed by atoms with Gasteiger partial charge in [0.1, 0.15) is 6.04 Å². The SMILES string of the molecule is CC[C@@H](NC(=O)CCCNC(C)C)C(=O)O. The third kappa shape index (κ3) is 7.23. The molecule has 3 N–H and O–H groups in total. The molecule has 0 rings (SSSR count). The van der Waals surface area contributed by atoms with Gasteiger partial charge in [0, 0.05) is 12.5 Å². The van der Waals surface area contributed by atoms with E-state index >= 15 is 0 Å². The van der Waals surface area contributed by atoms with E-state index in [1.165, 1.54) is 0 Å². The fraction of sp³-hybridized carbons (Fsp3) is 0.818. The fourth-order valence-electron chi connectivity index (χ4n) is 1.24. The van der Waals surface area contributed by atoms with Crippen molar-refractivity contribution in [3.05, 3.63) is 0 Å². The lowest BCUT2D eigenvalue weighted by molar-refractivity contribution is -0.141. The van der Waals surface area contributed by atoms with Gasteiger partial charge in [0.05, 0.1) is 0 Å². The number of aliphatic carboxylic acids is 1. The molecule has 0 aromatic heterocycles. The summed E-state index contributed by atoms with van der Waals surface area (Å²) in [5, 5.41) is 14.4. The predicted molar refractivity (Wildman–Crippen MR) is 62.2 cm³/mol. The first kappa shape index (κ1) is 14.9. The summed E-state index contributed by atoms with van der Waals surface area (Å²) >= 11 is 0. The molecule has 5 heteroatoms. The normalized spacial score (nSPS) is 12.5. The molecular weight excluding hydrogens is 208 g/mol. The first-order valence-electron chi connectivity index (χ1n) is 5.73. The second-order valence-corrected chi connectivity index (χ2v) is 4.08. The lowest BCUT2D eigenvalue weighted by Gasteiger charge is -2.12. The monoisotopic (exact) mass is 230 g/mol. The molecule has 1 atom stereocenters. The van der Waals surface area contributed by atoms with Crippen LogP contribution in [0.1, 0.15) is 40.0 Å². The van der Waals surface area contributed by atoms with Gasteiger partial charge in [-0.3, -0.25) is 4.79 Å². The van der Waals surface area contributed by atoms with Gasteiger partial charge in [-0.15, -0.1) is 0 Å². The Balaban J connectivity index is 3.69. The van der Waals surface area contributed by atoms with E-state index in [1.54, 1.807) is 6.92 Å². The zero-order valence-electron chi connectivity index (χ0n) is 10.2. The minimum atomic E-state index is -0.976. The van der Waals surface area contributed by atoms with Crippen molar-refractivity contribution in [2.24, 2.45) is 0 Å². The molecule has 0 aliphatic heterocycles. The Hall–Kier alpha value is -1.10. The van der Waals surface area contributed by atoms with E-state index in [-0.39, 0.29) is 5.91 Å². The molecule has 0 aromatic carbocycles. The highest BCUT2D eigenvalue weighted by molar-refractivity contribution is 5.83. The van der Waals surface area contributed by atoms with Gasteiger partial charge in [-0.25, -0.2) is 4.79 Å². The summed E-state index contributed by atoms with van der Waals surface area (Å²) in [6.07, 6.45) is 1.49. The third-order valence-electron chi connectivity index (χ3n) is 2.17. The van der Waals surface area contributed by atoms with E-state index in [2.05, 4.69) is 10.6 Å². The third-order valence-corrected chi connectivity index (χ3v) is 2.17. The van der Waals surface area contributed by atoms with E-state index < -0.39 is 12.0 Å². The van der Waals surface area contributed by atoms with Gasteiger partial charge in [-0.2, -0.15) is 0 Å². The molecule has 0 aliphatic rings. The molecule has 0 aliphatic carbocycles. The van der Waals surface area contributed by atoms with Gasteiger partial charge in [-0.1, -0.05) is 20.8 Å². The van der Waals surface area contributed by atoms with Crippen LogP contribution in [0.15, 0.2) is 0 Å². The average molecular weight is 230 g/mol. The largest absolute Gasteiger partial charge is 0.480 e. The molecule has 0 spiro atoms. The van der Waals surface area contributed by atoms with Crippen molar-refractivity contribution in [1.29, 1.82) is 0 Å². The number of rotatable bonds is 8. The van der Waals surface area contributed by atoms with Crippen molar-refractivity contribution < 1.29 is 14.7 Å². The van der Waals surface area contributed by atoms with Crippen LogP contribution in [0.2, 0.25) is 0 Å². The van der Waals surface area contributed by atoms with Gasteiger partial charge in [0.15, 0.2) is 0 Å². The van der Waals surface area contributed by atoms with Crippen molar-refractivity contribution in [3.63, 3.8) is 0 Å². The molecule has 94 valence electrons. The molecule has 0 aromatic rings. The standard InChI is InChI=1S/C11H22N2O3/c1-4-9(11(15)16)13-10(14)6-5-7-12-8(2)3/h8-9,12H,4-7H2,1-3H3,(H,13,14)(H,15,16)/t9-/m1/s1. The van der Waals surface area contributed by atoms with Crippen LogP contribution in [0.25, 0.3) is 0 Å². The Kier molecular flexibility index (Phi) is 7.54. The molecule has 0 fully saturated rings. The van der Waals surface area contributed by atoms with Crippen LogP contribution in [0.3, 0.4) is 0 Å². The Morgan fingerprint density at radius 3 is 2.38 bits per heavy atom. The summed E-state index contributed by atoms with van der Waals surface area (Å²) in [7, 11) is 0. The first-order chi connectivity index (χ1) is 7.47. The van der Waals surface area contributed by atoms with Crippen LogP contribution in [-0.2, 0) is 9.59 Å². The van der Waals surface area contributed by atoms with E-state index in [1.807, 2.05) is 13.8 Å². The van der Waals surface area contributed by atoms with E-state index in [0.717, 1.165) is 13.0 Å². The second kappa shape index (κ2) is 8.10. The average Bonchev–Trinajstić information content (AvgIpc) is 2.20. The predicted octanol–water partition coefficient (Wildman–Crippen LogP) is 0.744. The number of carbonyl (C=O) groups is 2. The molecule has 16 heavy (non-hydrogen) atoms. The topological polar surface area (TPSA) is 78.4 Å². The highest BCUT2D eigenvalue weighted by Crippen LogP contribution is 1.94.